The highest BCUT2D eigenvalue weighted by molar-refractivity contribution is 7.80. The van der Waals surface area contributed by atoms with E-state index in [9.17, 15) is 5.11 Å². The number of rotatable bonds is 4. The van der Waals surface area contributed by atoms with Crippen molar-refractivity contribution in [3.05, 3.63) is 100 Å². The highest BCUT2D eigenvalue weighted by Crippen LogP contribution is 2.45. The number of anilines is 1. The minimum absolute atomic E-state index is 0.121. The highest BCUT2D eigenvalue weighted by Gasteiger charge is 2.43. The number of halogens is 2. The maximum Gasteiger partial charge on any atom is 0.174 e. The molecule has 1 aliphatic heterocycles. The summed E-state index contributed by atoms with van der Waals surface area (Å²) in [7, 11) is 0. The van der Waals surface area contributed by atoms with Gasteiger partial charge in [0.05, 0.1) is 22.4 Å². The monoisotopic (exact) mass is 481 g/mol. The second kappa shape index (κ2) is 8.47. The number of furan rings is 1. The van der Waals surface area contributed by atoms with Crippen LogP contribution in [0.2, 0.25) is 10.0 Å². The lowest BCUT2D eigenvalue weighted by Crippen LogP contribution is -2.29. The Labute approximate surface area is 200 Å². The maximum atomic E-state index is 10.6. The topological polar surface area (TPSA) is 61.5 Å². The van der Waals surface area contributed by atoms with E-state index in [0.29, 0.717) is 32.4 Å². The molecule has 1 saturated heterocycles. The zero-order chi connectivity index (χ0) is 22.2. The number of nitrogens with one attached hydrogen (secondary N) is 1. The number of hydrogen-bond donors (Lipinski definition) is 2. The number of pyridine rings is 1. The third kappa shape index (κ3) is 3.71. The Bertz CT molecular complexity index is 1300. The van der Waals surface area contributed by atoms with E-state index < -0.39 is 0 Å². The molecule has 0 bridgehead atoms. The first-order chi connectivity index (χ1) is 15.5. The molecule has 0 unspecified atom stereocenters. The molecule has 5 rings (SSSR count). The van der Waals surface area contributed by atoms with Crippen LogP contribution in [0.15, 0.2) is 83.4 Å². The summed E-state index contributed by atoms with van der Waals surface area (Å²) in [6.07, 6.45) is 1.74. The normalized spacial score (nSPS) is 18.1. The molecule has 8 heteroatoms. The summed E-state index contributed by atoms with van der Waals surface area (Å²) in [5.41, 5.74) is 2.12. The van der Waals surface area contributed by atoms with Crippen molar-refractivity contribution in [1.29, 1.82) is 0 Å². The molecule has 2 N–H and O–H groups in total. The molecule has 160 valence electrons. The van der Waals surface area contributed by atoms with Gasteiger partial charge in [-0.3, -0.25) is 4.98 Å². The minimum atomic E-state index is -0.384. The lowest BCUT2D eigenvalue weighted by molar-refractivity contribution is 0.434. The van der Waals surface area contributed by atoms with Crippen molar-refractivity contribution in [3.63, 3.8) is 0 Å². The average Bonchev–Trinajstić information content (AvgIpc) is 3.39. The lowest BCUT2D eigenvalue weighted by atomic mass is 10.0. The van der Waals surface area contributed by atoms with Crippen LogP contribution in [-0.4, -0.2) is 15.2 Å². The van der Waals surface area contributed by atoms with Crippen molar-refractivity contribution in [2.75, 3.05) is 4.90 Å². The molecule has 1 aliphatic rings. The Morgan fingerprint density at radius 2 is 1.81 bits per heavy atom. The Kier molecular flexibility index (Phi) is 5.51. The second-order valence-electron chi connectivity index (χ2n) is 7.31. The van der Waals surface area contributed by atoms with Gasteiger partial charge in [0.2, 0.25) is 0 Å². The maximum absolute atomic E-state index is 10.6. The van der Waals surface area contributed by atoms with E-state index in [0.717, 1.165) is 11.3 Å². The summed E-state index contributed by atoms with van der Waals surface area (Å²) in [6.45, 7) is 0. The van der Waals surface area contributed by atoms with Crippen LogP contribution in [-0.2, 0) is 0 Å². The van der Waals surface area contributed by atoms with E-state index in [1.54, 1.807) is 30.5 Å². The molecule has 0 saturated carbocycles. The number of benzene rings is 2. The molecule has 4 aromatic rings. The predicted octanol–water partition coefficient (Wildman–Crippen LogP) is 6.53. The van der Waals surface area contributed by atoms with Gasteiger partial charge in [-0.2, -0.15) is 0 Å². The second-order valence-corrected chi connectivity index (χ2v) is 8.54. The number of phenols is 1. The highest BCUT2D eigenvalue weighted by atomic mass is 35.5. The number of hydrogen-bond acceptors (Lipinski definition) is 4. The van der Waals surface area contributed by atoms with Crippen LogP contribution in [0.4, 0.5) is 5.69 Å². The summed E-state index contributed by atoms with van der Waals surface area (Å²) in [5.74, 6) is 1.38. The molecule has 3 heterocycles. The first-order valence-electron chi connectivity index (χ1n) is 9.87. The summed E-state index contributed by atoms with van der Waals surface area (Å²) in [5, 5.41) is 15.4. The zero-order valence-electron chi connectivity index (χ0n) is 16.6. The van der Waals surface area contributed by atoms with E-state index in [2.05, 4.69) is 10.3 Å². The van der Waals surface area contributed by atoms with Gasteiger partial charge in [0.1, 0.15) is 23.3 Å². The number of aromatic nitrogens is 1. The number of para-hydroxylation sites is 2. The molecule has 1 fully saturated rings. The number of nitrogens with zero attached hydrogens (tertiary/aromatic N) is 2. The van der Waals surface area contributed by atoms with Crippen molar-refractivity contribution >= 4 is 46.2 Å². The van der Waals surface area contributed by atoms with Crippen LogP contribution in [0.25, 0.3) is 11.3 Å². The molecule has 2 aromatic carbocycles. The SMILES string of the molecule is Oc1ccccc1N1C(=S)N[C@H](c2ccccn2)[C@H]1c1ccc(-c2ccc(Cl)cc2Cl)o1. The van der Waals surface area contributed by atoms with Gasteiger partial charge in [-0.25, -0.2) is 0 Å². The van der Waals surface area contributed by atoms with Crippen molar-refractivity contribution in [2.24, 2.45) is 0 Å². The van der Waals surface area contributed by atoms with Crippen LogP contribution in [0, 0.1) is 0 Å². The predicted molar refractivity (Wildman–Crippen MR) is 130 cm³/mol. The van der Waals surface area contributed by atoms with Crippen molar-refractivity contribution in [2.45, 2.75) is 12.1 Å². The van der Waals surface area contributed by atoms with Gasteiger partial charge in [0.15, 0.2) is 5.11 Å². The number of aromatic hydroxyl groups is 1. The fourth-order valence-corrected chi connectivity index (χ4v) is 4.76. The average molecular weight is 482 g/mol. The smallest absolute Gasteiger partial charge is 0.174 e. The van der Waals surface area contributed by atoms with E-state index in [1.165, 1.54) is 0 Å². The van der Waals surface area contributed by atoms with Crippen LogP contribution in [0.5, 0.6) is 5.75 Å². The van der Waals surface area contributed by atoms with Crippen LogP contribution in [0.1, 0.15) is 23.5 Å². The molecule has 0 radical (unpaired) electrons. The van der Waals surface area contributed by atoms with Crippen LogP contribution < -0.4 is 10.2 Å². The largest absolute Gasteiger partial charge is 0.506 e. The molecule has 5 nitrogen and oxygen atoms in total. The lowest BCUT2D eigenvalue weighted by Gasteiger charge is -2.26. The molecule has 32 heavy (non-hydrogen) atoms. The molecule has 0 amide bonds. The van der Waals surface area contributed by atoms with Crippen molar-refractivity contribution < 1.29 is 9.52 Å². The van der Waals surface area contributed by atoms with E-state index >= 15 is 0 Å². The van der Waals surface area contributed by atoms with Gasteiger partial charge < -0.3 is 19.7 Å². The number of phenolic OH excluding ortho intramolecular Hbond substituents is 1. The van der Waals surface area contributed by atoms with Crippen molar-refractivity contribution in [1.82, 2.24) is 10.3 Å². The first kappa shape index (κ1) is 20.8. The Balaban J connectivity index is 1.62. The summed E-state index contributed by atoms with van der Waals surface area (Å²) >= 11 is 18.1. The standard InChI is InChI=1S/C24H17Cl2N3O2S/c25-14-8-9-15(16(26)13-14)20-10-11-21(31-20)23-22(17-5-3-4-12-27-17)28-24(32)29(23)18-6-1-2-7-19(18)30/h1-13,22-23,30H,(H,28,32)/t22-,23-/m1/s1. The third-order valence-corrected chi connectivity index (χ3v) is 6.22. The van der Waals surface area contributed by atoms with Gasteiger partial charge in [-0.1, -0.05) is 41.4 Å². The van der Waals surface area contributed by atoms with Crippen molar-refractivity contribution in [3.8, 4) is 17.1 Å². The molecular weight excluding hydrogens is 465 g/mol. The zero-order valence-corrected chi connectivity index (χ0v) is 18.9. The van der Waals surface area contributed by atoms with E-state index in [1.807, 2.05) is 53.4 Å². The summed E-state index contributed by atoms with van der Waals surface area (Å²) in [6, 6.07) is 21.1. The Hall–Kier alpha value is -3.06. The Morgan fingerprint density at radius 3 is 2.56 bits per heavy atom. The molecule has 2 atom stereocenters. The first-order valence-corrected chi connectivity index (χ1v) is 11.0. The van der Waals surface area contributed by atoms with Gasteiger partial charge in [-0.15, -0.1) is 0 Å². The van der Waals surface area contributed by atoms with Gasteiger partial charge in [0.25, 0.3) is 0 Å². The fourth-order valence-electron chi connectivity index (χ4n) is 3.92. The molecule has 0 spiro atoms. The van der Waals surface area contributed by atoms with Crippen LogP contribution in [0.3, 0.4) is 0 Å². The quantitative estimate of drug-likeness (QED) is 0.323. The van der Waals surface area contributed by atoms with Crippen LogP contribution >= 0.6 is 35.4 Å². The van der Waals surface area contributed by atoms with Gasteiger partial charge in [0, 0.05) is 16.8 Å². The summed E-state index contributed by atoms with van der Waals surface area (Å²) in [4.78, 5) is 6.38. The van der Waals surface area contributed by atoms with E-state index in [-0.39, 0.29) is 17.8 Å². The number of thiocarbonyl (C=S) groups is 1. The Morgan fingerprint density at radius 1 is 1.00 bits per heavy atom. The molecular formula is C24H17Cl2N3O2S. The summed E-state index contributed by atoms with van der Waals surface area (Å²) < 4.78 is 6.29. The fraction of sp³-hybridized carbons (Fsp3) is 0.0833. The molecule has 0 aliphatic carbocycles. The minimum Gasteiger partial charge on any atom is -0.506 e. The molecule has 2 aromatic heterocycles. The third-order valence-electron chi connectivity index (χ3n) is 5.35. The van der Waals surface area contributed by atoms with Gasteiger partial charge in [-0.05, 0) is 66.8 Å². The van der Waals surface area contributed by atoms with Gasteiger partial charge >= 0.3 is 0 Å². The van der Waals surface area contributed by atoms with E-state index in [4.69, 9.17) is 39.8 Å².